The minimum absolute atomic E-state index is 0. The van der Waals surface area contributed by atoms with Crippen molar-refractivity contribution in [3.05, 3.63) is 81.8 Å². The van der Waals surface area contributed by atoms with E-state index in [-0.39, 0.29) is 52.4 Å². The van der Waals surface area contributed by atoms with Gasteiger partial charge in [-0.1, -0.05) is 65.7 Å². The Bertz CT molecular complexity index is 1230. The van der Waals surface area contributed by atoms with Gasteiger partial charge in [-0.25, -0.2) is 4.79 Å². The third-order valence-electron chi connectivity index (χ3n) is 7.83. The van der Waals surface area contributed by atoms with E-state index in [9.17, 15) is 9.90 Å². The molecule has 3 aromatic carbocycles. The average molecular weight is 600 g/mol. The Hall–Kier alpha value is -1.57. The van der Waals surface area contributed by atoms with Crippen molar-refractivity contribution >= 4 is 64.8 Å². The molecule has 0 aromatic heterocycles. The Kier molecular flexibility index (Phi) is 10.7. The van der Waals surface area contributed by atoms with Gasteiger partial charge in [-0.2, -0.15) is 0 Å². The first-order valence-electron chi connectivity index (χ1n) is 12.6. The van der Waals surface area contributed by atoms with Crippen LogP contribution in [-0.2, 0) is 10.3 Å². The Morgan fingerprint density at radius 3 is 2.32 bits per heavy atom. The number of halogens is 4. The Morgan fingerprint density at radius 1 is 0.974 bits per heavy atom. The molecule has 9 heteroatoms. The van der Waals surface area contributed by atoms with Gasteiger partial charge in [-0.15, -0.1) is 24.8 Å². The lowest BCUT2D eigenvalue weighted by Gasteiger charge is -2.46. The number of benzene rings is 3. The number of piperazine rings is 1. The van der Waals surface area contributed by atoms with Gasteiger partial charge >= 0.3 is 5.97 Å². The van der Waals surface area contributed by atoms with Crippen molar-refractivity contribution in [3.8, 4) is 0 Å². The highest BCUT2D eigenvalue weighted by molar-refractivity contribution is 6.39. The van der Waals surface area contributed by atoms with Gasteiger partial charge in [-0.3, -0.25) is 0 Å². The predicted molar refractivity (Wildman–Crippen MR) is 159 cm³/mol. The van der Waals surface area contributed by atoms with Crippen LogP contribution in [0.15, 0.2) is 60.7 Å². The van der Waals surface area contributed by atoms with Crippen LogP contribution in [-0.4, -0.2) is 66.8 Å². The van der Waals surface area contributed by atoms with Crippen LogP contribution in [0.1, 0.15) is 35.2 Å². The van der Waals surface area contributed by atoms with Gasteiger partial charge in [0.15, 0.2) is 0 Å². The van der Waals surface area contributed by atoms with Crippen molar-refractivity contribution in [1.82, 2.24) is 9.80 Å². The zero-order valence-electron chi connectivity index (χ0n) is 21.3. The molecule has 3 unspecified atom stereocenters. The van der Waals surface area contributed by atoms with Gasteiger partial charge in [0.2, 0.25) is 0 Å². The summed E-state index contributed by atoms with van der Waals surface area (Å²) < 4.78 is 5.93. The predicted octanol–water partition coefficient (Wildman–Crippen LogP) is 6.45. The van der Waals surface area contributed by atoms with E-state index >= 15 is 0 Å². The van der Waals surface area contributed by atoms with Crippen molar-refractivity contribution in [2.45, 2.75) is 31.0 Å². The fourth-order valence-electron chi connectivity index (χ4n) is 5.63. The second-order valence-corrected chi connectivity index (χ2v) is 11.0. The summed E-state index contributed by atoms with van der Waals surface area (Å²) in [5, 5.41) is 15.0. The summed E-state index contributed by atoms with van der Waals surface area (Å²) in [6, 6.07) is 19.4. The van der Waals surface area contributed by atoms with E-state index in [1.807, 2.05) is 12.1 Å². The van der Waals surface area contributed by atoms with Gasteiger partial charge in [0.05, 0.1) is 21.2 Å². The van der Waals surface area contributed by atoms with E-state index in [1.165, 1.54) is 0 Å². The number of fused-ring (bicyclic) bond motifs is 1. The molecule has 0 spiro atoms. The highest BCUT2D eigenvalue weighted by Crippen LogP contribution is 2.44. The maximum absolute atomic E-state index is 13.0. The topological polar surface area (TPSA) is 53.0 Å². The highest BCUT2D eigenvalue weighted by atomic mass is 35.5. The second-order valence-electron chi connectivity index (χ2n) is 10.2. The van der Waals surface area contributed by atoms with Gasteiger partial charge in [-0.05, 0) is 60.8 Å². The van der Waals surface area contributed by atoms with Crippen LogP contribution in [0.5, 0.6) is 0 Å². The van der Waals surface area contributed by atoms with E-state index in [2.05, 4.69) is 47.2 Å². The number of carbonyl (C=O) groups is 1. The lowest BCUT2D eigenvalue weighted by atomic mass is 9.70. The summed E-state index contributed by atoms with van der Waals surface area (Å²) in [5.41, 5.74) is 0.129. The first kappa shape index (κ1) is 31.0. The molecule has 206 valence electrons. The summed E-state index contributed by atoms with van der Waals surface area (Å²) >= 11 is 12.5. The van der Waals surface area contributed by atoms with E-state index in [1.54, 1.807) is 18.2 Å². The van der Waals surface area contributed by atoms with Crippen LogP contribution in [0.25, 0.3) is 10.8 Å². The largest absolute Gasteiger partial charge is 0.459 e. The normalized spacial score (nSPS) is 24.3. The molecule has 5 nitrogen and oxygen atoms in total. The zero-order valence-corrected chi connectivity index (χ0v) is 24.5. The maximum Gasteiger partial charge on any atom is 0.341 e. The smallest absolute Gasteiger partial charge is 0.341 e. The summed E-state index contributed by atoms with van der Waals surface area (Å²) in [7, 11) is 2.14. The van der Waals surface area contributed by atoms with Crippen LogP contribution in [0, 0.1) is 5.92 Å². The number of carbonyl (C=O) groups excluding carboxylic acids is 1. The van der Waals surface area contributed by atoms with Crippen molar-refractivity contribution < 1.29 is 14.6 Å². The standard InChI is InChI=1S/C29H32Cl2N2O3.2ClH/c1-32-13-15-33(16-14-32)19-23-18-24(36-28(34)27-25(30)7-4-8-26(27)31)11-12-29(23,35)22-10-9-20-5-2-3-6-21(20)17-22;;/h2-10,17,23-24,35H,11-16,18-19H2,1H3;2*1H. The molecule has 0 radical (unpaired) electrons. The molecule has 1 saturated carbocycles. The molecular formula is C29H34Cl4N2O3. The third-order valence-corrected chi connectivity index (χ3v) is 8.46. The molecule has 1 heterocycles. The van der Waals surface area contributed by atoms with Gasteiger partial charge < -0.3 is 19.6 Å². The molecule has 2 aliphatic rings. The number of esters is 1. The summed E-state index contributed by atoms with van der Waals surface area (Å²) in [5.74, 6) is -0.597. The molecule has 1 aliphatic heterocycles. The number of nitrogens with zero attached hydrogens (tertiary/aromatic N) is 2. The monoisotopic (exact) mass is 598 g/mol. The molecule has 38 heavy (non-hydrogen) atoms. The van der Waals surface area contributed by atoms with Gasteiger partial charge in [0.25, 0.3) is 0 Å². The average Bonchev–Trinajstić information content (AvgIpc) is 2.87. The molecule has 3 aromatic rings. The third kappa shape index (κ3) is 6.59. The maximum atomic E-state index is 13.0. The van der Waals surface area contributed by atoms with Crippen molar-refractivity contribution in [2.24, 2.45) is 5.92 Å². The van der Waals surface area contributed by atoms with Crippen LogP contribution in [0.2, 0.25) is 10.0 Å². The molecule has 0 amide bonds. The van der Waals surface area contributed by atoms with Crippen LogP contribution in [0.3, 0.4) is 0 Å². The number of hydrogen-bond acceptors (Lipinski definition) is 5. The fourth-order valence-corrected chi connectivity index (χ4v) is 6.18. The van der Waals surface area contributed by atoms with E-state index in [0.717, 1.165) is 49.1 Å². The number of likely N-dealkylation sites (N-methyl/N-ethyl adjacent to an activating group) is 1. The summed E-state index contributed by atoms with van der Waals surface area (Å²) in [6.07, 6.45) is 1.33. The quantitative estimate of drug-likeness (QED) is 0.342. The highest BCUT2D eigenvalue weighted by Gasteiger charge is 2.45. The van der Waals surface area contributed by atoms with Crippen molar-refractivity contribution in [1.29, 1.82) is 0 Å². The minimum atomic E-state index is -1.00. The summed E-state index contributed by atoms with van der Waals surface area (Å²) in [4.78, 5) is 17.7. The molecule has 1 aliphatic carbocycles. The number of aliphatic hydroxyl groups is 1. The van der Waals surface area contributed by atoms with Crippen molar-refractivity contribution in [3.63, 3.8) is 0 Å². The van der Waals surface area contributed by atoms with E-state index in [4.69, 9.17) is 27.9 Å². The Labute approximate surface area is 246 Å². The van der Waals surface area contributed by atoms with Crippen molar-refractivity contribution in [2.75, 3.05) is 39.8 Å². The second kappa shape index (κ2) is 13.2. The van der Waals surface area contributed by atoms with Gasteiger partial charge in [0, 0.05) is 38.6 Å². The molecule has 1 N–H and O–H groups in total. The fraction of sp³-hybridized carbons (Fsp3) is 0.414. The Morgan fingerprint density at radius 2 is 1.63 bits per heavy atom. The number of ether oxygens (including phenoxy) is 1. The lowest BCUT2D eigenvalue weighted by molar-refractivity contribution is -0.100. The lowest BCUT2D eigenvalue weighted by Crippen LogP contribution is -2.52. The zero-order chi connectivity index (χ0) is 25.3. The first-order valence-corrected chi connectivity index (χ1v) is 13.4. The van der Waals surface area contributed by atoms with Crippen LogP contribution in [0.4, 0.5) is 0 Å². The van der Waals surface area contributed by atoms with Crippen LogP contribution < -0.4 is 0 Å². The molecule has 1 saturated heterocycles. The Balaban J connectivity index is 0.00000200. The molecule has 3 atom stereocenters. The van der Waals surface area contributed by atoms with Gasteiger partial charge in [0.1, 0.15) is 6.10 Å². The summed E-state index contributed by atoms with van der Waals surface area (Å²) in [6.45, 7) is 4.67. The minimum Gasteiger partial charge on any atom is -0.459 e. The molecule has 2 fully saturated rings. The van der Waals surface area contributed by atoms with E-state index in [0.29, 0.717) is 19.3 Å². The van der Waals surface area contributed by atoms with Crippen LogP contribution >= 0.6 is 48.0 Å². The van der Waals surface area contributed by atoms with E-state index < -0.39 is 11.6 Å². The molecular weight excluding hydrogens is 566 g/mol. The number of rotatable bonds is 5. The molecule has 5 rings (SSSR count). The molecule has 0 bridgehead atoms. The number of hydrogen-bond donors (Lipinski definition) is 1. The first-order chi connectivity index (χ1) is 17.3. The SMILES string of the molecule is CN1CCN(CC2CC(OC(=O)c3c(Cl)cccc3Cl)CCC2(O)c2ccc3ccccc3c2)CC1.Cl.Cl.